The molecule has 0 fully saturated rings. The van der Waals surface area contributed by atoms with Crippen molar-refractivity contribution in [2.75, 3.05) is 4.90 Å². The third-order valence-electron chi connectivity index (χ3n) is 10.5. The third-order valence-corrected chi connectivity index (χ3v) is 10.5. The molecule has 0 aliphatic rings. The van der Waals surface area contributed by atoms with Crippen molar-refractivity contribution in [2.45, 2.75) is 0 Å². The zero-order valence-corrected chi connectivity index (χ0v) is 30.6. The summed E-state index contributed by atoms with van der Waals surface area (Å²) in [5.74, 6) is 0.608. The highest BCUT2D eigenvalue weighted by Crippen LogP contribution is 2.44. The molecule has 0 aliphatic heterocycles. The van der Waals surface area contributed by atoms with Crippen LogP contribution in [0.4, 0.5) is 17.1 Å². The van der Waals surface area contributed by atoms with Crippen LogP contribution in [0.25, 0.3) is 77.8 Å². The lowest BCUT2D eigenvalue weighted by Gasteiger charge is -2.28. The van der Waals surface area contributed by atoms with Gasteiger partial charge in [0.1, 0.15) is 5.52 Å². The molecule has 0 radical (unpaired) electrons. The lowest BCUT2D eigenvalue weighted by Crippen LogP contribution is -2.11. The molecular weight excluding hydrogens is 681 g/mol. The van der Waals surface area contributed by atoms with Crippen LogP contribution >= 0.6 is 0 Å². The van der Waals surface area contributed by atoms with Crippen molar-refractivity contribution < 1.29 is 4.42 Å². The fraction of sp³-hybridized carbons (Fsp3) is 0. The molecule has 264 valence electrons. The van der Waals surface area contributed by atoms with E-state index in [2.05, 4.69) is 187 Å². The Labute approximate surface area is 326 Å². The van der Waals surface area contributed by atoms with Gasteiger partial charge in [-0.15, -0.1) is 0 Å². The first-order valence-corrected chi connectivity index (χ1v) is 19.0. The second-order valence-corrected chi connectivity index (χ2v) is 13.9. The minimum Gasteiger partial charge on any atom is -0.435 e. The SMILES string of the molecule is c1ccc(-c2nc3c(-c4ccccc4)ccc(-c4ccc(N(c5cccc(-c6cccc7ccccc67)c5)c5ccccc5-c5ccccc5)cc4)c3o2)cc1. The Morgan fingerprint density at radius 2 is 0.911 bits per heavy atom. The molecule has 10 aromatic rings. The van der Waals surface area contributed by atoms with Gasteiger partial charge in [0.15, 0.2) is 5.58 Å². The van der Waals surface area contributed by atoms with Crippen LogP contribution in [-0.4, -0.2) is 4.98 Å². The van der Waals surface area contributed by atoms with Crippen LogP contribution in [0.5, 0.6) is 0 Å². The summed E-state index contributed by atoms with van der Waals surface area (Å²) in [5.41, 5.74) is 14.7. The molecule has 0 atom stereocenters. The van der Waals surface area contributed by atoms with Gasteiger partial charge in [-0.25, -0.2) is 4.98 Å². The number of hydrogen-bond donors (Lipinski definition) is 0. The zero-order valence-electron chi connectivity index (χ0n) is 30.6. The molecule has 0 unspecified atom stereocenters. The van der Waals surface area contributed by atoms with E-state index < -0.39 is 0 Å². The number of anilines is 3. The number of hydrogen-bond acceptors (Lipinski definition) is 3. The van der Waals surface area contributed by atoms with Gasteiger partial charge >= 0.3 is 0 Å². The van der Waals surface area contributed by atoms with Gasteiger partial charge in [0.2, 0.25) is 5.89 Å². The largest absolute Gasteiger partial charge is 0.435 e. The van der Waals surface area contributed by atoms with Crippen LogP contribution in [0.15, 0.2) is 223 Å². The highest BCUT2D eigenvalue weighted by Gasteiger charge is 2.21. The van der Waals surface area contributed by atoms with E-state index in [4.69, 9.17) is 9.40 Å². The van der Waals surface area contributed by atoms with E-state index in [9.17, 15) is 0 Å². The average Bonchev–Trinajstić information content (AvgIpc) is 3.73. The Morgan fingerprint density at radius 3 is 1.68 bits per heavy atom. The monoisotopic (exact) mass is 716 g/mol. The molecule has 0 bridgehead atoms. The van der Waals surface area contributed by atoms with Crippen molar-refractivity contribution in [1.82, 2.24) is 4.98 Å². The molecular formula is C53H36N2O. The minimum atomic E-state index is 0.608. The number of benzene rings is 9. The van der Waals surface area contributed by atoms with Gasteiger partial charge in [-0.1, -0.05) is 170 Å². The lowest BCUT2D eigenvalue weighted by atomic mass is 9.96. The molecule has 0 N–H and O–H groups in total. The summed E-state index contributed by atoms with van der Waals surface area (Å²) in [6, 6.07) is 77.0. The number of rotatable bonds is 8. The Morgan fingerprint density at radius 1 is 0.357 bits per heavy atom. The first kappa shape index (κ1) is 33.1. The van der Waals surface area contributed by atoms with Gasteiger partial charge in [0.25, 0.3) is 0 Å². The Balaban J connectivity index is 1.12. The Bertz CT molecular complexity index is 2950. The van der Waals surface area contributed by atoms with Gasteiger partial charge in [0.05, 0.1) is 5.69 Å². The summed E-state index contributed by atoms with van der Waals surface area (Å²) in [6.45, 7) is 0. The second-order valence-electron chi connectivity index (χ2n) is 13.9. The fourth-order valence-corrected chi connectivity index (χ4v) is 7.83. The number of para-hydroxylation sites is 1. The van der Waals surface area contributed by atoms with Crippen molar-refractivity contribution >= 4 is 38.9 Å². The van der Waals surface area contributed by atoms with E-state index in [1.54, 1.807) is 0 Å². The van der Waals surface area contributed by atoms with Crippen LogP contribution in [0, 0.1) is 0 Å². The van der Waals surface area contributed by atoms with E-state index in [0.717, 1.165) is 67.1 Å². The lowest BCUT2D eigenvalue weighted by molar-refractivity contribution is 0.621. The molecule has 9 aromatic carbocycles. The molecule has 0 saturated heterocycles. The van der Waals surface area contributed by atoms with Gasteiger partial charge in [0, 0.05) is 33.6 Å². The van der Waals surface area contributed by atoms with E-state index in [1.165, 1.54) is 21.9 Å². The average molecular weight is 717 g/mol. The van der Waals surface area contributed by atoms with Crippen molar-refractivity contribution in [3.63, 3.8) is 0 Å². The number of fused-ring (bicyclic) bond motifs is 2. The zero-order chi connectivity index (χ0) is 37.3. The van der Waals surface area contributed by atoms with Crippen LogP contribution < -0.4 is 4.90 Å². The molecule has 0 saturated carbocycles. The molecule has 0 spiro atoms. The van der Waals surface area contributed by atoms with E-state index in [-0.39, 0.29) is 0 Å². The summed E-state index contributed by atoms with van der Waals surface area (Å²) in [5, 5.41) is 2.46. The molecule has 10 rings (SSSR count). The molecule has 3 nitrogen and oxygen atoms in total. The van der Waals surface area contributed by atoms with Crippen molar-refractivity contribution in [1.29, 1.82) is 0 Å². The number of aromatic nitrogens is 1. The predicted molar refractivity (Wildman–Crippen MR) is 233 cm³/mol. The predicted octanol–water partition coefficient (Wildman–Crippen LogP) is 14.8. The van der Waals surface area contributed by atoms with Crippen LogP contribution in [0.1, 0.15) is 0 Å². The standard InChI is InChI=1S/C53H36N2O/c1-4-16-38(17-5-1)47-27-12-13-29-50(47)55(44-25-14-24-42(36-44)46-28-15-23-37-20-10-11-26-45(37)46)43-32-30-40(31-33-43)49-35-34-48(39-18-6-2-7-19-39)51-52(49)56-53(54-51)41-21-8-3-9-22-41/h1-36H. The molecule has 0 amide bonds. The second kappa shape index (κ2) is 14.4. The van der Waals surface area contributed by atoms with E-state index in [1.807, 2.05) is 36.4 Å². The quantitative estimate of drug-likeness (QED) is 0.157. The van der Waals surface area contributed by atoms with Crippen LogP contribution in [-0.2, 0) is 0 Å². The molecule has 1 heterocycles. The van der Waals surface area contributed by atoms with Gasteiger partial charge in [-0.3, -0.25) is 0 Å². The van der Waals surface area contributed by atoms with Crippen LogP contribution in [0.2, 0.25) is 0 Å². The Hall–Kier alpha value is -7.49. The Kier molecular flexibility index (Phi) is 8.51. The smallest absolute Gasteiger partial charge is 0.227 e. The summed E-state index contributed by atoms with van der Waals surface area (Å²) in [7, 11) is 0. The van der Waals surface area contributed by atoms with Crippen LogP contribution in [0.3, 0.4) is 0 Å². The van der Waals surface area contributed by atoms with Gasteiger partial charge in [-0.2, -0.15) is 0 Å². The third kappa shape index (κ3) is 6.12. The highest BCUT2D eigenvalue weighted by molar-refractivity contribution is 6.01. The maximum absolute atomic E-state index is 6.65. The molecule has 1 aromatic heterocycles. The number of nitrogens with zero attached hydrogens (tertiary/aromatic N) is 2. The molecule has 56 heavy (non-hydrogen) atoms. The number of oxazole rings is 1. The summed E-state index contributed by atoms with van der Waals surface area (Å²) >= 11 is 0. The summed E-state index contributed by atoms with van der Waals surface area (Å²) in [6.07, 6.45) is 0. The molecule has 3 heteroatoms. The minimum absolute atomic E-state index is 0.608. The highest BCUT2D eigenvalue weighted by atomic mass is 16.3. The fourth-order valence-electron chi connectivity index (χ4n) is 7.83. The van der Waals surface area contributed by atoms with Gasteiger partial charge < -0.3 is 9.32 Å². The van der Waals surface area contributed by atoms with E-state index in [0.29, 0.717) is 5.89 Å². The maximum atomic E-state index is 6.65. The first-order chi connectivity index (χ1) is 27.8. The van der Waals surface area contributed by atoms with Crippen molar-refractivity contribution in [3.8, 4) is 56.0 Å². The topological polar surface area (TPSA) is 29.3 Å². The van der Waals surface area contributed by atoms with E-state index >= 15 is 0 Å². The maximum Gasteiger partial charge on any atom is 0.227 e. The normalized spacial score (nSPS) is 11.2. The van der Waals surface area contributed by atoms with Crippen molar-refractivity contribution in [3.05, 3.63) is 218 Å². The summed E-state index contributed by atoms with van der Waals surface area (Å²) < 4.78 is 6.65. The summed E-state index contributed by atoms with van der Waals surface area (Å²) in [4.78, 5) is 7.46. The molecule has 0 aliphatic carbocycles. The first-order valence-electron chi connectivity index (χ1n) is 19.0. The van der Waals surface area contributed by atoms with Crippen molar-refractivity contribution in [2.24, 2.45) is 0 Å². The van der Waals surface area contributed by atoms with Gasteiger partial charge in [-0.05, 0) is 87.1 Å².